The summed E-state index contributed by atoms with van der Waals surface area (Å²) in [5.41, 5.74) is 10.6. The van der Waals surface area contributed by atoms with E-state index in [2.05, 4.69) is 21.3 Å². The summed E-state index contributed by atoms with van der Waals surface area (Å²) in [6.45, 7) is 5.65. The standard InChI is InChI=1S/C35H55N9O15/c1-15(2)26(41-31(54)22-8-5-9-43(22)33(56)20(14-45)40-28(51)17(36)11-24(47)48)32(55)42-27(16(3)4)34(57)44-10-6-7-21(44)30(53)38-18(13-25(49)50)29(52)39-19(35(58)59)12-23(37)46/h15-22,26-27,45H,5-14,36H2,1-4H3,(H2,37,46)(H,38,53)(H,39,52)(H,40,51)(H,41,54)(H,42,55)(H,47,48)(H,49,50)(H,58,59)/t17-,18-,19-,20-,21-,22-,26-,27-/m0/s1. The molecule has 0 aromatic carbocycles. The molecule has 2 aliphatic heterocycles. The largest absolute Gasteiger partial charge is 0.481 e. The maximum absolute atomic E-state index is 14.0. The Morgan fingerprint density at radius 2 is 1.08 bits per heavy atom. The molecule has 2 heterocycles. The number of carbonyl (C=O) groups is 11. The van der Waals surface area contributed by atoms with E-state index in [4.69, 9.17) is 16.6 Å². The Kier molecular flexibility index (Phi) is 18.6. The molecule has 24 heteroatoms. The van der Waals surface area contributed by atoms with Crippen LogP contribution in [0.2, 0.25) is 0 Å². The van der Waals surface area contributed by atoms with Crippen LogP contribution in [-0.2, 0) is 52.7 Å². The molecule has 0 aromatic heterocycles. The fourth-order valence-corrected chi connectivity index (χ4v) is 6.60. The smallest absolute Gasteiger partial charge is 0.326 e. The Hall–Kier alpha value is -5.91. The van der Waals surface area contributed by atoms with Crippen molar-refractivity contribution in [3.05, 3.63) is 0 Å². The Bertz CT molecular complexity index is 1640. The van der Waals surface area contributed by atoms with Crippen LogP contribution in [0.15, 0.2) is 0 Å². The maximum Gasteiger partial charge on any atom is 0.326 e. The number of rotatable bonds is 22. The van der Waals surface area contributed by atoms with Gasteiger partial charge in [0.05, 0.1) is 31.9 Å². The van der Waals surface area contributed by atoms with Gasteiger partial charge in [0.2, 0.25) is 47.3 Å². The summed E-state index contributed by atoms with van der Waals surface area (Å²) in [5.74, 6) is -13.0. The molecule has 0 spiro atoms. The van der Waals surface area contributed by atoms with Crippen LogP contribution in [-0.4, -0.2) is 163 Å². The van der Waals surface area contributed by atoms with Gasteiger partial charge in [0.1, 0.15) is 42.3 Å². The van der Waals surface area contributed by atoms with Crippen LogP contribution < -0.4 is 38.1 Å². The van der Waals surface area contributed by atoms with E-state index in [0.29, 0.717) is 12.8 Å². The van der Waals surface area contributed by atoms with Crippen LogP contribution >= 0.6 is 0 Å². The Balaban J connectivity index is 2.21. The lowest BCUT2D eigenvalue weighted by Gasteiger charge is -2.33. The molecular weight excluding hydrogens is 786 g/mol. The van der Waals surface area contributed by atoms with Gasteiger partial charge in [-0.15, -0.1) is 0 Å². The lowest BCUT2D eigenvalue weighted by atomic mass is 9.98. The fourth-order valence-electron chi connectivity index (χ4n) is 6.60. The van der Waals surface area contributed by atoms with E-state index >= 15 is 0 Å². The summed E-state index contributed by atoms with van der Waals surface area (Å²) in [6.07, 6.45) is -1.66. The van der Waals surface area contributed by atoms with E-state index in [-0.39, 0.29) is 25.9 Å². The van der Waals surface area contributed by atoms with Crippen LogP contribution in [0.25, 0.3) is 0 Å². The van der Waals surface area contributed by atoms with Gasteiger partial charge in [0.25, 0.3) is 0 Å². The van der Waals surface area contributed by atoms with Gasteiger partial charge < -0.3 is 68.3 Å². The molecular formula is C35H55N9O15. The predicted octanol–water partition coefficient (Wildman–Crippen LogP) is -5.07. The summed E-state index contributed by atoms with van der Waals surface area (Å²) in [6, 6.07) is -11.6. The number of carboxylic acids is 3. The van der Waals surface area contributed by atoms with E-state index in [1.54, 1.807) is 27.7 Å². The minimum atomic E-state index is -1.82. The maximum atomic E-state index is 14.0. The highest BCUT2D eigenvalue weighted by atomic mass is 16.4. The van der Waals surface area contributed by atoms with E-state index in [1.165, 1.54) is 0 Å². The first-order valence-corrected chi connectivity index (χ1v) is 18.9. The highest BCUT2D eigenvalue weighted by Gasteiger charge is 2.43. The van der Waals surface area contributed by atoms with E-state index in [0.717, 1.165) is 9.80 Å². The molecule has 24 nitrogen and oxygen atoms in total. The number of hydrogen-bond donors (Lipinski definition) is 11. The fraction of sp³-hybridized carbons (Fsp3) is 0.686. The van der Waals surface area contributed by atoms with Crippen LogP contribution in [0.3, 0.4) is 0 Å². The molecule has 59 heavy (non-hydrogen) atoms. The second-order valence-corrected chi connectivity index (χ2v) is 15.0. The monoisotopic (exact) mass is 841 g/mol. The number of carboxylic acid groups (broad SMARTS) is 3. The van der Waals surface area contributed by atoms with Crippen molar-refractivity contribution in [3.8, 4) is 0 Å². The van der Waals surface area contributed by atoms with Gasteiger partial charge in [-0.2, -0.15) is 0 Å². The highest BCUT2D eigenvalue weighted by molar-refractivity contribution is 5.99. The van der Waals surface area contributed by atoms with Crippen molar-refractivity contribution in [2.75, 3.05) is 19.7 Å². The number of aliphatic hydroxyl groups excluding tert-OH is 1. The summed E-state index contributed by atoms with van der Waals surface area (Å²) < 4.78 is 0. The van der Waals surface area contributed by atoms with Gasteiger partial charge in [-0.25, -0.2) is 4.79 Å². The Morgan fingerprint density at radius 3 is 1.54 bits per heavy atom. The molecule has 8 amide bonds. The third kappa shape index (κ3) is 14.2. The molecule has 0 bridgehead atoms. The van der Waals surface area contributed by atoms with Gasteiger partial charge in [-0.1, -0.05) is 27.7 Å². The number of hydrogen-bond acceptors (Lipinski definition) is 13. The van der Waals surface area contributed by atoms with Crippen molar-refractivity contribution in [1.29, 1.82) is 0 Å². The quantitative estimate of drug-likeness (QED) is 0.0486. The molecule has 0 radical (unpaired) electrons. The van der Waals surface area contributed by atoms with Crippen LogP contribution in [0.4, 0.5) is 0 Å². The van der Waals surface area contributed by atoms with E-state index in [1.807, 2.05) is 5.32 Å². The zero-order valence-electron chi connectivity index (χ0n) is 33.2. The lowest BCUT2D eigenvalue weighted by Crippen LogP contribution is -2.61. The van der Waals surface area contributed by atoms with Crippen molar-refractivity contribution in [2.45, 2.75) is 121 Å². The average molecular weight is 842 g/mol. The van der Waals surface area contributed by atoms with Crippen LogP contribution in [0.5, 0.6) is 0 Å². The number of carbonyl (C=O) groups excluding carboxylic acids is 8. The molecule has 0 unspecified atom stereocenters. The summed E-state index contributed by atoms with van der Waals surface area (Å²) in [4.78, 5) is 141. The van der Waals surface area contributed by atoms with E-state index in [9.17, 15) is 68.1 Å². The van der Waals surface area contributed by atoms with Crippen LogP contribution in [0, 0.1) is 11.8 Å². The number of nitrogens with one attached hydrogen (secondary N) is 5. The third-order valence-electron chi connectivity index (χ3n) is 9.71. The highest BCUT2D eigenvalue weighted by Crippen LogP contribution is 2.22. The molecule has 0 aliphatic carbocycles. The number of aliphatic hydroxyl groups is 1. The first-order valence-electron chi connectivity index (χ1n) is 18.9. The Morgan fingerprint density at radius 1 is 0.593 bits per heavy atom. The SMILES string of the molecule is CC(C)[C@H](NC(=O)[C@@H]1CCCN1C(=O)[C@H](CO)NC(=O)[C@@H](N)CC(=O)O)C(=O)N[C@H](C(=O)N1CCC[C@H]1C(=O)N[C@@H](CC(=O)O)C(=O)N[C@@H](CC(N)=O)C(=O)O)C(C)C. The molecule has 13 N–H and O–H groups in total. The summed E-state index contributed by atoms with van der Waals surface area (Å²) >= 11 is 0. The first kappa shape index (κ1) is 49.2. The zero-order valence-corrected chi connectivity index (χ0v) is 33.2. The van der Waals surface area contributed by atoms with Crippen molar-refractivity contribution >= 4 is 65.2 Å². The molecule has 2 aliphatic rings. The number of nitrogens with two attached hydrogens (primary N) is 2. The molecule has 2 fully saturated rings. The summed E-state index contributed by atoms with van der Waals surface area (Å²) in [7, 11) is 0. The number of amides is 8. The van der Waals surface area contributed by atoms with Crippen LogP contribution in [0.1, 0.15) is 72.6 Å². The molecule has 8 atom stereocenters. The third-order valence-corrected chi connectivity index (χ3v) is 9.71. The number of likely N-dealkylation sites (tertiary alicyclic amines) is 2. The van der Waals surface area contributed by atoms with Crippen molar-refractivity contribution in [1.82, 2.24) is 36.4 Å². The van der Waals surface area contributed by atoms with Gasteiger partial charge in [0.15, 0.2) is 0 Å². The zero-order chi connectivity index (χ0) is 44.9. The number of nitrogens with zero attached hydrogens (tertiary/aromatic N) is 2. The second kappa shape index (κ2) is 22.3. The molecule has 330 valence electrons. The van der Waals surface area contributed by atoms with Gasteiger partial charge in [-0.3, -0.25) is 47.9 Å². The summed E-state index contributed by atoms with van der Waals surface area (Å²) in [5, 5.41) is 49.2. The second-order valence-electron chi connectivity index (χ2n) is 15.0. The lowest BCUT2D eigenvalue weighted by molar-refractivity contribution is -0.146. The predicted molar refractivity (Wildman–Crippen MR) is 200 cm³/mol. The van der Waals surface area contributed by atoms with Crippen molar-refractivity contribution in [2.24, 2.45) is 23.3 Å². The molecule has 0 saturated carbocycles. The Labute approximate surface area is 338 Å². The molecule has 2 rings (SSSR count). The van der Waals surface area contributed by atoms with E-state index < -0.39 is 151 Å². The van der Waals surface area contributed by atoms with Crippen molar-refractivity contribution in [3.63, 3.8) is 0 Å². The van der Waals surface area contributed by atoms with Gasteiger partial charge in [-0.05, 0) is 37.5 Å². The average Bonchev–Trinajstić information content (AvgIpc) is 3.84. The minimum Gasteiger partial charge on any atom is -0.481 e. The van der Waals surface area contributed by atoms with Gasteiger partial charge >= 0.3 is 17.9 Å². The molecule has 2 saturated heterocycles. The minimum absolute atomic E-state index is 0.0299. The van der Waals surface area contributed by atoms with Gasteiger partial charge in [0, 0.05) is 13.1 Å². The first-order chi connectivity index (χ1) is 27.5. The normalized spacial score (nSPS) is 19.4. The number of primary amides is 1. The number of aliphatic carboxylic acids is 3. The van der Waals surface area contributed by atoms with Crippen molar-refractivity contribution < 1.29 is 73.2 Å². The molecule has 0 aromatic rings. The topological polar surface area (TPSA) is 387 Å².